The number of nitrogens with zero attached hydrogens (tertiary/aromatic N) is 4. The highest BCUT2D eigenvalue weighted by molar-refractivity contribution is 7.16. The molecule has 0 saturated carbocycles. The van der Waals surface area contributed by atoms with Gasteiger partial charge in [0.2, 0.25) is 4.96 Å². The number of carbonyl (C=O) groups excluding carboxylic acids is 1. The molecule has 4 aromatic rings. The molecule has 0 aliphatic carbocycles. The minimum Gasteiger partial charge on any atom is -0.458 e. The van der Waals surface area contributed by atoms with Crippen molar-refractivity contribution in [2.24, 2.45) is 0 Å². The number of hydrogen-bond donors (Lipinski definition) is 0. The van der Waals surface area contributed by atoms with Gasteiger partial charge in [0.15, 0.2) is 5.58 Å². The number of carbonyl (C=O) groups is 1. The first-order valence-electron chi connectivity index (χ1n) is 8.63. The third kappa shape index (κ3) is 3.11. The number of esters is 1. The van der Waals surface area contributed by atoms with Crippen LogP contribution in [0.5, 0.6) is 0 Å². The second-order valence-corrected chi connectivity index (χ2v) is 7.16. The van der Waals surface area contributed by atoms with E-state index in [1.54, 1.807) is 31.2 Å². The van der Waals surface area contributed by atoms with Crippen molar-refractivity contribution in [3.63, 3.8) is 0 Å². The molecular weight excluding hydrogens is 384 g/mol. The number of fused-ring (bicyclic) bond motifs is 2. The number of para-hydroxylation sites is 2. The van der Waals surface area contributed by atoms with Crippen LogP contribution >= 0.6 is 11.3 Å². The lowest BCUT2D eigenvalue weighted by molar-refractivity contribution is -0.148. The largest absolute Gasteiger partial charge is 0.458 e. The van der Waals surface area contributed by atoms with Crippen LogP contribution in [0.4, 0.5) is 0 Å². The highest BCUT2D eigenvalue weighted by atomic mass is 32.1. The van der Waals surface area contributed by atoms with Crippen molar-refractivity contribution < 1.29 is 13.9 Å². The Hall–Kier alpha value is -3.27. The molecule has 0 aliphatic rings. The zero-order chi connectivity index (χ0) is 19.8. The van der Waals surface area contributed by atoms with E-state index < -0.39 is 17.8 Å². The van der Waals surface area contributed by atoms with Gasteiger partial charge in [0, 0.05) is 6.07 Å². The Kier molecular flexibility index (Phi) is 4.55. The zero-order valence-electron chi connectivity index (χ0n) is 15.1. The predicted octanol–water partition coefficient (Wildman–Crippen LogP) is 1.93. The van der Waals surface area contributed by atoms with Gasteiger partial charge >= 0.3 is 11.7 Å². The molecule has 4 rings (SSSR count). The van der Waals surface area contributed by atoms with E-state index in [4.69, 9.17) is 9.15 Å². The van der Waals surface area contributed by atoms with Crippen molar-refractivity contribution in [1.82, 2.24) is 19.2 Å². The van der Waals surface area contributed by atoms with Crippen molar-refractivity contribution >= 4 is 33.4 Å². The molecule has 10 heteroatoms. The Labute approximate surface area is 161 Å². The molecule has 28 heavy (non-hydrogen) atoms. The number of aryl methyl sites for hydroxylation is 1. The van der Waals surface area contributed by atoms with Crippen molar-refractivity contribution in [1.29, 1.82) is 0 Å². The van der Waals surface area contributed by atoms with E-state index in [1.165, 1.54) is 26.5 Å². The molecule has 144 valence electrons. The topological polar surface area (TPSA) is 109 Å². The molecule has 0 saturated heterocycles. The molecule has 3 aromatic heterocycles. The Balaban J connectivity index is 1.55. The van der Waals surface area contributed by atoms with Crippen LogP contribution < -0.4 is 11.3 Å². The molecule has 0 amide bonds. The lowest BCUT2D eigenvalue weighted by Gasteiger charge is -2.12. The van der Waals surface area contributed by atoms with Crippen LogP contribution in [0, 0.1) is 0 Å². The second kappa shape index (κ2) is 7.04. The van der Waals surface area contributed by atoms with Gasteiger partial charge in [-0.1, -0.05) is 30.4 Å². The van der Waals surface area contributed by atoms with Gasteiger partial charge in [-0.2, -0.15) is 9.61 Å². The van der Waals surface area contributed by atoms with Crippen LogP contribution in [0.25, 0.3) is 16.1 Å². The SMILES string of the molecule is CCc1nn2c(=O)cc(COC(=O)[C@@H](C)n3c(=O)oc4ccccc43)nc2s1. The van der Waals surface area contributed by atoms with Crippen LogP contribution in [0.3, 0.4) is 0 Å². The second-order valence-electron chi connectivity index (χ2n) is 6.12. The molecule has 0 bridgehead atoms. The third-order valence-corrected chi connectivity index (χ3v) is 5.30. The lowest BCUT2D eigenvalue weighted by atomic mass is 10.3. The highest BCUT2D eigenvalue weighted by Crippen LogP contribution is 2.18. The van der Waals surface area contributed by atoms with E-state index in [9.17, 15) is 14.4 Å². The predicted molar refractivity (Wildman–Crippen MR) is 101 cm³/mol. The third-order valence-electron chi connectivity index (χ3n) is 4.25. The van der Waals surface area contributed by atoms with E-state index in [0.717, 1.165) is 5.01 Å². The molecule has 0 aliphatic heterocycles. The summed E-state index contributed by atoms with van der Waals surface area (Å²) in [6.45, 7) is 3.31. The smallest absolute Gasteiger partial charge is 0.420 e. The first-order valence-corrected chi connectivity index (χ1v) is 9.45. The maximum atomic E-state index is 12.5. The van der Waals surface area contributed by atoms with Gasteiger partial charge in [-0.05, 0) is 25.5 Å². The normalized spacial score (nSPS) is 12.5. The Morgan fingerprint density at radius 1 is 1.32 bits per heavy atom. The van der Waals surface area contributed by atoms with E-state index in [-0.39, 0.29) is 12.2 Å². The maximum absolute atomic E-state index is 12.5. The molecule has 0 fully saturated rings. The van der Waals surface area contributed by atoms with E-state index in [1.807, 2.05) is 6.92 Å². The average molecular weight is 400 g/mol. The fourth-order valence-corrected chi connectivity index (χ4v) is 3.69. The average Bonchev–Trinajstić information content (AvgIpc) is 3.25. The minimum atomic E-state index is -0.893. The highest BCUT2D eigenvalue weighted by Gasteiger charge is 2.23. The Morgan fingerprint density at radius 2 is 2.11 bits per heavy atom. The van der Waals surface area contributed by atoms with Crippen LogP contribution in [0.2, 0.25) is 0 Å². The molecule has 0 spiro atoms. The molecular formula is C18H16N4O5S. The summed E-state index contributed by atoms with van der Waals surface area (Å²) in [4.78, 5) is 41.5. The van der Waals surface area contributed by atoms with Crippen molar-refractivity contribution in [2.45, 2.75) is 32.9 Å². The van der Waals surface area contributed by atoms with E-state index >= 15 is 0 Å². The number of hydrogen-bond acceptors (Lipinski definition) is 8. The molecule has 1 atom stereocenters. The summed E-state index contributed by atoms with van der Waals surface area (Å²) in [6.07, 6.45) is 0.697. The summed E-state index contributed by atoms with van der Waals surface area (Å²) in [5, 5.41) is 4.96. The lowest BCUT2D eigenvalue weighted by Crippen LogP contribution is -2.26. The summed E-state index contributed by atoms with van der Waals surface area (Å²) >= 11 is 1.31. The number of aromatic nitrogens is 4. The number of benzene rings is 1. The van der Waals surface area contributed by atoms with Crippen LogP contribution in [-0.4, -0.2) is 25.1 Å². The van der Waals surface area contributed by atoms with Gasteiger partial charge in [0.25, 0.3) is 5.56 Å². The van der Waals surface area contributed by atoms with Gasteiger partial charge in [0.1, 0.15) is 17.7 Å². The molecule has 9 nitrogen and oxygen atoms in total. The molecule has 1 aromatic carbocycles. The first-order chi connectivity index (χ1) is 13.5. The molecule has 0 unspecified atom stereocenters. The monoisotopic (exact) mass is 400 g/mol. The number of ether oxygens (including phenoxy) is 1. The zero-order valence-corrected chi connectivity index (χ0v) is 15.9. The molecule has 0 radical (unpaired) electrons. The van der Waals surface area contributed by atoms with E-state index in [0.29, 0.717) is 28.2 Å². The molecule has 3 heterocycles. The van der Waals surface area contributed by atoms with Crippen LogP contribution in [-0.2, 0) is 22.6 Å². The first kappa shape index (κ1) is 18.1. The van der Waals surface area contributed by atoms with Gasteiger partial charge in [-0.3, -0.25) is 9.36 Å². The molecule has 0 N–H and O–H groups in total. The number of oxazole rings is 1. The Bertz CT molecular complexity index is 1300. The minimum absolute atomic E-state index is 0.182. The van der Waals surface area contributed by atoms with Gasteiger partial charge in [0.05, 0.1) is 11.2 Å². The number of rotatable bonds is 5. The fraction of sp³-hybridized carbons (Fsp3) is 0.278. The van der Waals surface area contributed by atoms with Gasteiger partial charge in [-0.15, -0.1) is 0 Å². The van der Waals surface area contributed by atoms with Gasteiger partial charge in [-0.25, -0.2) is 14.6 Å². The summed E-state index contributed by atoms with van der Waals surface area (Å²) < 4.78 is 12.9. The Morgan fingerprint density at radius 3 is 2.89 bits per heavy atom. The summed E-state index contributed by atoms with van der Waals surface area (Å²) in [6, 6.07) is 7.22. The van der Waals surface area contributed by atoms with Crippen LogP contribution in [0.1, 0.15) is 30.6 Å². The van der Waals surface area contributed by atoms with Crippen molar-refractivity contribution in [3.05, 3.63) is 61.9 Å². The van der Waals surface area contributed by atoms with E-state index in [2.05, 4.69) is 10.1 Å². The summed E-state index contributed by atoms with van der Waals surface area (Å²) in [7, 11) is 0. The maximum Gasteiger partial charge on any atom is 0.420 e. The standard InChI is InChI=1S/C18H16N4O5S/c1-3-14-20-22-15(23)8-11(19-17(22)28-14)9-26-16(24)10(2)21-12-6-4-5-7-13(12)27-18(21)25/h4-8,10H,3,9H2,1-2H3/t10-/m1/s1. The van der Waals surface area contributed by atoms with Crippen molar-refractivity contribution in [3.8, 4) is 0 Å². The van der Waals surface area contributed by atoms with Crippen molar-refractivity contribution in [2.75, 3.05) is 0 Å². The summed E-state index contributed by atoms with van der Waals surface area (Å²) in [5.41, 5.74) is 0.883. The summed E-state index contributed by atoms with van der Waals surface area (Å²) in [5.74, 6) is -1.27. The van der Waals surface area contributed by atoms with Crippen LogP contribution in [0.15, 0.2) is 44.3 Å². The fourth-order valence-electron chi connectivity index (χ4n) is 2.83. The van der Waals surface area contributed by atoms with Gasteiger partial charge < -0.3 is 9.15 Å². The quantitative estimate of drug-likeness (QED) is 0.471.